The number of halogens is 1. The summed E-state index contributed by atoms with van der Waals surface area (Å²) in [5.74, 6) is 1.78. The molecular formula is C41H69FN2O6. The van der Waals surface area contributed by atoms with Crippen molar-refractivity contribution in [3.8, 4) is 0 Å². The average molecular weight is 705 g/mol. The second kappa shape index (κ2) is 12.3. The largest absolute Gasteiger partial charge is 0.390 e. The summed E-state index contributed by atoms with van der Waals surface area (Å²) < 4.78 is 39.1. The molecule has 0 unspecified atom stereocenters. The summed E-state index contributed by atoms with van der Waals surface area (Å²) in [7, 11) is 0. The molecule has 3 saturated heterocycles. The fourth-order valence-corrected chi connectivity index (χ4v) is 15.0. The number of aliphatic hydroxyl groups is 2. The Morgan fingerprint density at radius 1 is 1.00 bits per heavy atom. The standard InChI is InChI=1S/C41H69FN2O6/c1-9-47-35(37(5,6)46)27-20-25(2)32-33(49-27)34(45)39(8)29-11-10-28-36(3,4)30(12-13-40(28)24-41(29,40)15-14-38(32,39)7)50-31-23-44(18-19-48-31)26-21-43(22-26)17-16-42/h25-35,45-46H,9-24H2,1-8H3/t25-,27-,28+,29+,30+,31+,32+,33+,34+,35+,38-,39-,40-,41+/m1/s1. The minimum atomic E-state index is -1.02. The lowest BCUT2D eigenvalue weighted by Crippen LogP contribution is -2.63. The summed E-state index contributed by atoms with van der Waals surface area (Å²) in [5.41, 5.74) is -0.559. The van der Waals surface area contributed by atoms with E-state index in [1.807, 2.05) is 20.8 Å². The lowest BCUT2D eigenvalue weighted by molar-refractivity contribution is -0.253. The van der Waals surface area contributed by atoms with Gasteiger partial charge in [0.15, 0.2) is 6.29 Å². The molecule has 8 aliphatic rings. The second-order valence-corrected chi connectivity index (χ2v) is 20.1. The van der Waals surface area contributed by atoms with Crippen molar-refractivity contribution in [2.45, 2.75) is 155 Å². The molecule has 8 fully saturated rings. The Labute approximate surface area is 301 Å². The summed E-state index contributed by atoms with van der Waals surface area (Å²) in [6, 6.07) is 0.487. The lowest BCUT2D eigenvalue weighted by Gasteiger charge is -2.64. The number of ether oxygens (including phenoxy) is 4. The SMILES string of the molecule is CCO[C@@H]([C@H]1C[C@@H](C)[C@H]2[C@H](O1)[C@H](O)[C@@]1(C)[C@@H]3CC[C@H]4C(C)(C)[C@@H](O[C@H]5CN(C6CN(CCF)C6)CCO5)CC[C@@]45C[C@@]35CC[C@]21C)C(C)(C)O. The maximum Gasteiger partial charge on any atom is 0.170 e. The van der Waals surface area contributed by atoms with Crippen LogP contribution in [0.4, 0.5) is 4.39 Å². The Hall–Kier alpha value is -0.390. The van der Waals surface area contributed by atoms with Gasteiger partial charge in [-0.2, -0.15) is 0 Å². The van der Waals surface area contributed by atoms with E-state index in [1.54, 1.807) is 0 Å². The molecule has 3 aliphatic heterocycles. The Kier molecular flexibility index (Phi) is 9.01. The van der Waals surface area contributed by atoms with Crippen molar-refractivity contribution < 1.29 is 33.6 Å². The molecule has 5 aliphatic carbocycles. The maximum atomic E-state index is 12.8. The third kappa shape index (κ3) is 5.02. The van der Waals surface area contributed by atoms with Gasteiger partial charge in [-0.15, -0.1) is 0 Å². The zero-order valence-corrected chi connectivity index (χ0v) is 32.5. The normalized spacial score (nSPS) is 51.1. The molecule has 9 heteroatoms. The van der Waals surface area contributed by atoms with Crippen LogP contribution in [-0.4, -0.2) is 121 Å². The number of aliphatic hydroxyl groups excluding tert-OH is 1. The third-order valence-corrected chi connectivity index (χ3v) is 17.4. The highest BCUT2D eigenvalue weighted by atomic mass is 19.1. The van der Waals surface area contributed by atoms with Gasteiger partial charge in [-0.05, 0) is 117 Å². The van der Waals surface area contributed by atoms with Gasteiger partial charge < -0.3 is 29.2 Å². The van der Waals surface area contributed by atoms with E-state index in [0.717, 1.165) is 45.4 Å². The van der Waals surface area contributed by atoms with E-state index >= 15 is 0 Å². The van der Waals surface area contributed by atoms with Crippen LogP contribution in [-0.2, 0) is 18.9 Å². The van der Waals surface area contributed by atoms with Gasteiger partial charge in [-0.1, -0.05) is 34.6 Å². The topological polar surface area (TPSA) is 83.9 Å². The van der Waals surface area contributed by atoms with E-state index in [9.17, 15) is 14.6 Å². The fraction of sp³-hybridized carbons (Fsp3) is 1.00. The number of alkyl halides is 1. The van der Waals surface area contributed by atoms with Crippen molar-refractivity contribution in [3.05, 3.63) is 0 Å². The molecule has 0 amide bonds. The summed E-state index contributed by atoms with van der Waals surface area (Å²) in [5, 5.41) is 23.7. The first-order valence-corrected chi connectivity index (χ1v) is 20.5. The van der Waals surface area contributed by atoms with Crippen molar-refractivity contribution in [3.63, 3.8) is 0 Å². The van der Waals surface area contributed by atoms with Crippen LogP contribution in [0.5, 0.6) is 0 Å². The summed E-state index contributed by atoms with van der Waals surface area (Å²) in [6.45, 7) is 23.1. The molecule has 286 valence electrons. The van der Waals surface area contributed by atoms with E-state index < -0.39 is 17.8 Å². The Morgan fingerprint density at radius 3 is 2.42 bits per heavy atom. The Balaban J connectivity index is 0.988. The molecule has 50 heavy (non-hydrogen) atoms. The predicted octanol–water partition coefficient (Wildman–Crippen LogP) is 5.67. The van der Waals surface area contributed by atoms with E-state index in [0.29, 0.717) is 60.3 Å². The quantitative estimate of drug-likeness (QED) is 0.318. The van der Waals surface area contributed by atoms with Gasteiger partial charge in [-0.25, -0.2) is 4.39 Å². The first-order valence-electron chi connectivity index (χ1n) is 20.5. The van der Waals surface area contributed by atoms with Crippen molar-refractivity contribution in [2.24, 2.45) is 50.7 Å². The number of fused-ring (bicyclic) bond motifs is 4. The molecule has 2 N–H and O–H groups in total. The number of nitrogens with zero attached hydrogens (tertiary/aromatic N) is 2. The highest BCUT2D eigenvalue weighted by Gasteiger charge is 2.84. The van der Waals surface area contributed by atoms with Crippen LogP contribution < -0.4 is 0 Å². The number of hydrogen-bond donors (Lipinski definition) is 2. The van der Waals surface area contributed by atoms with Crippen LogP contribution in [0.2, 0.25) is 0 Å². The molecule has 2 spiro atoms. The monoisotopic (exact) mass is 705 g/mol. The predicted molar refractivity (Wildman–Crippen MR) is 190 cm³/mol. The first kappa shape index (κ1) is 36.6. The lowest BCUT2D eigenvalue weighted by atomic mass is 9.41. The molecular weight excluding hydrogens is 635 g/mol. The van der Waals surface area contributed by atoms with E-state index in [4.69, 9.17) is 18.9 Å². The van der Waals surface area contributed by atoms with E-state index in [-0.39, 0.29) is 47.5 Å². The van der Waals surface area contributed by atoms with Crippen LogP contribution in [0, 0.1) is 50.7 Å². The van der Waals surface area contributed by atoms with E-state index in [2.05, 4.69) is 44.4 Å². The Morgan fingerprint density at radius 2 is 1.72 bits per heavy atom. The van der Waals surface area contributed by atoms with Gasteiger partial charge in [0.25, 0.3) is 0 Å². The van der Waals surface area contributed by atoms with Gasteiger partial charge in [0.2, 0.25) is 0 Å². The van der Waals surface area contributed by atoms with Gasteiger partial charge in [0.1, 0.15) is 12.8 Å². The molecule has 8 nitrogen and oxygen atoms in total. The van der Waals surface area contributed by atoms with Crippen LogP contribution in [0.1, 0.15) is 107 Å². The van der Waals surface area contributed by atoms with Crippen molar-refractivity contribution in [1.82, 2.24) is 9.80 Å². The van der Waals surface area contributed by atoms with E-state index in [1.165, 1.54) is 32.1 Å². The Bertz CT molecular complexity index is 1270. The smallest absolute Gasteiger partial charge is 0.170 e. The molecule has 0 aromatic carbocycles. The van der Waals surface area contributed by atoms with Gasteiger partial charge in [0, 0.05) is 50.8 Å². The van der Waals surface area contributed by atoms with Crippen molar-refractivity contribution in [1.29, 1.82) is 0 Å². The molecule has 0 bridgehead atoms. The summed E-state index contributed by atoms with van der Waals surface area (Å²) >= 11 is 0. The molecule has 3 heterocycles. The summed E-state index contributed by atoms with van der Waals surface area (Å²) in [4.78, 5) is 4.72. The maximum absolute atomic E-state index is 12.8. The minimum Gasteiger partial charge on any atom is -0.390 e. The van der Waals surface area contributed by atoms with Crippen molar-refractivity contribution >= 4 is 0 Å². The molecule has 5 saturated carbocycles. The van der Waals surface area contributed by atoms with Crippen LogP contribution in [0.3, 0.4) is 0 Å². The zero-order chi connectivity index (χ0) is 35.6. The van der Waals surface area contributed by atoms with Crippen LogP contribution >= 0.6 is 0 Å². The van der Waals surface area contributed by atoms with Gasteiger partial charge in [-0.3, -0.25) is 9.80 Å². The fourth-order valence-electron chi connectivity index (χ4n) is 15.0. The molecule has 0 aromatic rings. The molecule has 14 atom stereocenters. The van der Waals surface area contributed by atoms with Gasteiger partial charge >= 0.3 is 0 Å². The molecule has 0 aromatic heterocycles. The van der Waals surface area contributed by atoms with Crippen LogP contribution in [0.25, 0.3) is 0 Å². The first-order chi connectivity index (χ1) is 23.6. The molecule has 0 radical (unpaired) electrons. The third-order valence-electron chi connectivity index (χ3n) is 17.4. The zero-order valence-electron chi connectivity index (χ0n) is 32.5. The average Bonchev–Trinajstić information content (AvgIpc) is 3.67. The van der Waals surface area contributed by atoms with Crippen LogP contribution in [0.15, 0.2) is 0 Å². The van der Waals surface area contributed by atoms with Gasteiger partial charge in [0.05, 0.1) is 36.6 Å². The number of likely N-dealkylation sites (tertiary alicyclic amines) is 1. The number of morpholine rings is 1. The summed E-state index contributed by atoms with van der Waals surface area (Å²) in [6.07, 6.45) is 7.79. The minimum absolute atomic E-state index is 0.00716. The number of rotatable bonds is 9. The second-order valence-electron chi connectivity index (χ2n) is 20.1. The van der Waals surface area contributed by atoms with Crippen molar-refractivity contribution in [2.75, 3.05) is 52.6 Å². The number of hydrogen-bond acceptors (Lipinski definition) is 8. The highest BCUT2D eigenvalue weighted by Crippen LogP contribution is 2.89. The highest BCUT2D eigenvalue weighted by molar-refractivity contribution is 5.33. The molecule has 8 rings (SSSR count).